The molecule has 3 aromatic rings. The van der Waals surface area contributed by atoms with Crippen molar-refractivity contribution in [1.29, 1.82) is 0 Å². The molecule has 0 radical (unpaired) electrons. The van der Waals surface area contributed by atoms with Crippen LogP contribution in [-0.2, 0) is 4.74 Å². The maximum atomic E-state index is 12.4. The first-order valence-corrected chi connectivity index (χ1v) is 7.59. The highest BCUT2D eigenvalue weighted by atomic mass is 16.6. The lowest BCUT2D eigenvalue weighted by atomic mass is 10.0. The van der Waals surface area contributed by atoms with Crippen molar-refractivity contribution in [3.63, 3.8) is 0 Å². The predicted octanol–water partition coefficient (Wildman–Crippen LogP) is 4.17. The molecule has 0 aromatic heterocycles. The van der Waals surface area contributed by atoms with E-state index in [1.165, 1.54) is 0 Å². The maximum absolute atomic E-state index is 12.4. The third kappa shape index (κ3) is 2.60. The zero-order chi connectivity index (χ0) is 15.8. The molecule has 3 heteroatoms. The monoisotopic (exact) mass is 304 g/mol. The highest BCUT2D eigenvalue weighted by Gasteiger charge is 2.46. The Morgan fingerprint density at radius 3 is 2.48 bits per heavy atom. The van der Waals surface area contributed by atoms with Gasteiger partial charge in [0.1, 0.15) is 11.9 Å². The summed E-state index contributed by atoms with van der Waals surface area (Å²) in [6, 6.07) is 21.4. The highest BCUT2D eigenvalue weighted by Crippen LogP contribution is 2.41. The van der Waals surface area contributed by atoms with Crippen LogP contribution in [0.5, 0.6) is 5.75 Å². The van der Waals surface area contributed by atoms with Crippen LogP contribution < -0.4 is 4.74 Å². The lowest BCUT2D eigenvalue weighted by molar-refractivity contribution is 0.0953. The summed E-state index contributed by atoms with van der Waals surface area (Å²) < 4.78 is 10.9. The SMILES string of the molecule is COc1ccc2cc([C@@H]3O[C@H]3C(=O)c3ccccc3)ccc2c1. The van der Waals surface area contributed by atoms with E-state index in [0.29, 0.717) is 5.56 Å². The Labute approximate surface area is 134 Å². The minimum absolute atomic E-state index is 0.0467. The van der Waals surface area contributed by atoms with Crippen LogP contribution in [-0.4, -0.2) is 19.0 Å². The van der Waals surface area contributed by atoms with E-state index in [0.717, 1.165) is 22.1 Å². The van der Waals surface area contributed by atoms with E-state index in [-0.39, 0.29) is 18.0 Å². The molecule has 0 bridgehead atoms. The van der Waals surface area contributed by atoms with Crippen molar-refractivity contribution in [1.82, 2.24) is 0 Å². The lowest BCUT2D eigenvalue weighted by Gasteiger charge is -2.04. The number of fused-ring (bicyclic) bond motifs is 1. The first kappa shape index (κ1) is 14.0. The second-order valence-corrected chi connectivity index (χ2v) is 5.68. The fourth-order valence-corrected chi connectivity index (χ4v) is 2.88. The molecule has 0 unspecified atom stereocenters. The van der Waals surface area contributed by atoms with Crippen molar-refractivity contribution >= 4 is 16.6 Å². The molecule has 114 valence electrons. The number of Topliss-reactive ketones (excluding diaryl/α,β-unsaturated/α-hetero) is 1. The number of carbonyl (C=O) groups excluding carboxylic acids is 1. The van der Waals surface area contributed by atoms with E-state index in [1.54, 1.807) is 7.11 Å². The molecule has 1 fully saturated rings. The van der Waals surface area contributed by atoms with Gasteiger partial charge in [-0.2, -0.15) is 0 Å². The summed E-state index contributed by atoms with van der Waals surface area (Å²) in [6.07, 6.45) is -0.512. The van der Waals surface area contributed by atoms with Crippen LogP contribution >= 0.6 is 0 Å². The zero-order valence-electron chi connectivity index (χ0n) is 12.7. The van der Waals surface area contributed by atoms with E-state index >= 15 is 0 Å². The van der Waals surface area contributed by atoms with Gasteiger partial charge in [0.05, 0.1) is 7.11 Å². The highest BCUT2D eigenvalue weighted by molar-refractivity contribution is 6.01. The first-order chi connectivity index (χ1) is 11.3. The predicted molar refractivity (Wildman–Crippen MR) is 88.9 cm³/mol. The molecule has 0 amide bonds. The minimum atomic E-state index is -0.368. The summed E-state index contributed by atoms with van der Waals surface area (Å²) in [4.78, 5) is 12.4. The van der Waals surface area contributed by atoms with Crippen LogP contribution in [0.2, 0.25) is 0 Å². The molecule has 4 rings (SSSR count). The summed E-state index contributed by atoms with van der Waals surface area (Å²) in [5, 5.41) is 2.23. The molecule has 1 heterocycles. The number of hydrogen-bond acceptors (Lipinski definition) is 3. The van der Waals surface area contributed by atoms with Crippen molar-refractivity contribution in [3.05, 3.63) is 77.9 Å². The fourth-order valence-electron chi connectivity index (χ4n) is 2.88. The molecule has 0 N–H and O–H groups in total. The number of epoxide rings is 1. The quantitative estimate of drug-likeness (QED) is 0.536. The van der Waals surface area contributed by atoms with Crippen molar-refractivity contribution < 1.29 is 14.3 Å². The van der Waals surface area contributed by atoms with Crippen LogP contribution in [0, 0.1) is 0 Å². The number of methoxy groups -OCH3 is 1. The summed E-state index contributed by atoms with van der Waals surface area (Å²) in [5.41, 5.74) is 1.74. The van der Waals surface area contributed by atoms with Gasteiger partial charge < -0.3 is 9.47 Å². The maximum Gasteiger partial charge on any atom is 0.194 e. The Kier molecular flexibility index (Phi) is 3.36. The number of carbonyl (C=O) groups is 1. The summed E-state index contributed by atoms with van der Waals surface area (Å²) in [7, 11) is 1.66. The van der Waals surface area contributed by atoms with E-state index in [4.69, 9.17) is 9.47 Å². The van der Waals surface area contributed by atoms with Crippen LogP contribution in [0.25, 0.3) is 10.8 Å². The molecule has 3 nitrogen and oxygen atoms in total. The number of hydrogen-bond donors (Lipinski definition) is 0. The Hall–Kier alpha value is -2.65. The van der Waals surface area contributed by atoms with Crippen LogP contribution in [0.4, 0.5) is 0 Å². The minimum Gasteiger partial charge on any atom is -0.497 e. The molecule has 1 saturated heterocycles. The number of ketones is 1. The smallest absolute Gasteiger partial charge is 0.194 e. The normalized spacial score (nSPS) is 19.5. The van der Waals surface area contributed by atoms with Gasteiger partial charge in [-0.15, -0.1) is 0 Å². The fraction of sp³-hybridized carbons (Fsp3) is 0.150. The van der Waals surface area contributed by atoms with Gasteiger partial charge in [0, 0.05) is 5.56 Å². The van der Waals surface area contributed by atoms with E-state index in [2.05, 4.69) is 6.07 Å². The number of benzene rings is 3. The van der Waals surface area contributed by atoms with Gasteiger partial charge in [0.25, 0.3) is 0 Å². The van der Waals surface area contributed by atoms with Gasteiger partial charge in [0.15, 0.2) is 11.9 Å². The van der Waals surface area contributed by atoms with Gasteiger partial charge in [-0.3, -0.25) is 4.79 Å². The van der Waals surface area contributed by atoms with Crippen molar-refractivity contribution in [2.75, 3.05) is 7.11 Å². The standard InChI is InChI=1S/C20H16O3/c1-22-17-10-9-14-11-16(8-7-15(14)12-17)19-20(23-19)18(21)13-5-3-2-4-6-13/h2-12,19-20H,1H3/t19-,20-/m0/s1. The van der Waals surface area contributed by atoms with Gasteiger partial charge in [-0.1, -0.05) is 48.5 Å². The summed E-state index contributed by atoms with van der Waals surface area (Å²) in [5.74, 6) is 0.885. The Morgan fingerprint density at radius 2 is 1.70 bits per heavy atom. The third-order valence-corrected chi connectivity index (χ3v) is 4.21. The molecule has 1 aliphatic rings. The van der Waals surface area contributed by atoms with Gasteiger partial charge in [-0.05, 0) is 34.5 Å². The summed E-state index contributed by atoms with van der Waals surface area (Å²) in [6.45, 7) is 0. The lowest BCUT2D eigenvalue weighted by Crippen LogP contribution is -2.07. The van der Waals surface area contributed by atoms with Crippen LogP contribution in [0.15, 0.2) is 66.7 Å². The van der Waals surface area contributed by atoms with E-state index in [1.807, 2.05) is 60.7 Å². The molecule has 2 atom stereocenters. The zero-order valence-corrected chi connectivity index (χ0v) is 12.7. The molecular weight excluding hydrogens is 288 g/mol. The van der Waals surface area contributed by atoms with E-state index < -0.39 is 0 Å². The average molecular weight is 304 g/mol. The molecule has 0 spiro atoms. The van der Waals surface area contributed by atoms with Crippen molar-refractivity contribution in [3.8, 4) is 5.75 Å². The molecule has 3 aromatic carbocycles. The largest absolute Gasteiger partial charge is 0.497 e. The Bertz CT molecular complexity index is 870. The van der Waals surface area contributed by atoms with Crippen molar-refractivity contribution in [2.45, 2.75) is 12.2 Å². The first-order valence-electron chi connectivity index (χ1n) is 7.59. The molecule has 23 heavy (non-hydrogen) atoms. The molecule has 1 aliphatic heterocycles. The number of rotatable bonds is 4. The molecule has 0 aliphatic carbocycles. The third-order valence-electron chi connectivity index (χ3n) is 4.21. The van der Waals surface area contributed by atoms with Gasteiger partial charge in [0.2, 0.25) is 0 Å². The van der Waals surface area contributed by atoms with Gasteiger partial charge in [-0.25, -0.2) is 0 Å². The molecule has 0 saturated carbocycles. The van der Waals surface area contributed by atoms with Crippen molar-refractivity contribution in [2.24, 2.45) is 0 Å². The second-order valence-electron chi connectivity index (χ2n) is 5.68. The van der Waals surface area contributed by atoms with Gasteiger partial charge >= 0.3 is 0 Å². The van der Waals surface area contributed by atoms with Crippen LogP contribution in [0.3, 0.4) is 0 Å². The topological polar surface area (TPSA) is 38.8 Å². The Morgan fingerprint density at radius 1 is 0.957 bits per heavy atom. The Balaban J connectivity index is 1.58. The van der Waals surface area contributed by atoms with Crippen LogP contribution in [0.1, 0.15) is 22.0 Å². The number of ether oxygens (including phenoxy) is 2. The average Bonchev–Trinajstić information content (AvgIpc) is 3.41. The molecular formula is C20H16O3. The second kappa shape index (κ2) is 5.52. The van der Waals surface area contributed by atoms with E-state index in [9.17, 15) is 4.79 Å². The summed E-state index contributed by atoms with van der Waals surface area (Å²) >= 11 is 0.